The van der Waals surface area contributed by atoms with E-state index in [1.165, 1.54) is 5.56 Å². The van der Waals surface area contributed by atoms with Crippen molar-refractivity contribution in [3.8, 4) is 11.5 Å². The maximum absolute atomic E-state index is 5.98. The molecule has 0 aliphatic carbocycles. The third kappa shape index (κ3) is 8.95. The summed E-state index contributed by atoms with van der Waals surface area (Å²) in [5.74, 6) is 2.61. The Labute approximate surface area is 188 Å². The first-order valence-electron chi connectivity index (χ1n) is 11.7. The average Bonchev–Trinajstić information content (AvgIpc) is 2.78. The number of piperidine rings is 1. The molecule has 0 radical (unpaired) electrons. The minimum Gasteiger partial charge on any atom is -0.490 e. The number of rotatable bonds is 13. The van der Waals surface area contributed by atoms with E-state index in [4.69, 9.17) is 23.9 Å². The van der Waals surface area contributed by atoms with Crippen LogP contribution in [0.3, 0.4) is 0 Å². The van der Waals surface area contributed by atoms with Gasteiger partial charge in [0, 0.05) is 46.5 Å². The summed E-state index contributed by atoms with van der Waals surface area (Å²) in [6.45, 7) is 12.4. The summed E-state index contributed by atoms with van der Waals surface area (Å²) in [7, 11) is 1.73. The topological polar surface area (TPSA) is 64.6 Å². The van der Waals surface area contributed by atoms with E-state index in [9.17, 15) is 0 Å². The van der Waals surface area contributed by atoms with E-state index in [2.05, 4.69) is 29.3 Å². The van der Waals surface area contributed by atoms with Crippen LogP contribution in [0.25, 0.3) is 0 Å². The SMILES string of the molecule is CCNC(=NCCc1ccc(OCC)c(OCC)c1)N1CCC(OCCCOC)CC1. The Kier molecular flexibility index (Phi) is 12.2. The largest absolute Gasteiger partial charge is 0.490 e. The highest BCUT2D eigenvalue weighted by Crippen LogP contribution is 2.28. The first-order valence-corrected chi connectivity index (χ1v) is 11.7. The molecule has 1 aromatic carbocycles. The van der Waals surface area contributed by atoms with Crippen molar-refractivity contribution in [2.45, 2.75) is 52.6 Å². The van der Waals surface area contributed by atoms with Crippen molar-refractivity contribution in [3.63, 3.8) is 0 Å². The predicted octanol–water partition coefficient (Wildman–Crippen LogP) is 3.51. The number of nitrogens with one attached hydrogen (secondary N) is 1. The summed E-state index contributed by atoms with van der Waals surface area (Å²) < 4.78 is 22.5. The number of hydrogen-bond acceptors (Lipinski definition) is 5. The number of methoxy groups -OCH3 is 1. The van der Waals surface area contributed by atoms with Crippen LogP contribution in [0.1, 0.15) is 45.6 Å². The van der Waals surface area contributed by atoms with Gasteiger partial charge in [-0.05, 0) is 64.2 Å². The molecule has 0 amide bonds. The Bertz CT molecular complexity index is 646. The van der Waals surface area contributed by atoms with Gasteiger partial charge in [-0.15, -0.1) is 0 Å². The highest BCUT2D eigenvalue weighted by Gasteiger charge is 2.21. The van der Waals surface area contributed by atoms with Crippen molar-refractivity contribution in [1.29, 1.82) is 0 Å². The van der Waals surface area contributed by atoms with Gasteiger partial charge in [-0.2, -0.15) is 0 Å². The highest BCUT2D eigenvalue weighted by molar-refractivity contribution is 5.80. The van der Waals surface area contributed by atoms with Gasteiger partial charge in [0.15, 0.2) is 17.5 Å². The molecular weight excluding hydrogens is 394 g/mol. The van der Waals surface area contributed by atoms with E-state index in [0.717, 1.165) is 82.5 Å². The molecule has 1 aliphatic heterocycles. The molecule has 0 unspecified atom stereocenters. The van der Waals surface area contributed by atoms with Crippen LogP contribution in [0.4, 0.5) is 0 Å². The zero-order valence-corrected chi connectivity index (χ0v) is 19.8. The standard InChI is InChI=1S/C24H41N3O4/c1-5-25-24(27-15-12-21(13-16-27)31-18-8-17-28-4)26-14-11-20-9-10-22(29-6-2)23(19-20)30-7-3/h9-10,19,21H,5-8,11-18H2,1-4H3,(H,25,26). The van der Waals surface area contributed by atoms with Crippen LogP contribution in [0.5, 0.6) is 11.5 Å². The van der Waals surface area contributed by atoms with Crippen LogP contribution in [0.15, 0.2) is 23.2 Å². The van der Waals surface area contributed by atoms with Gasteiger partial charge in [-0.1, -0.05) is 6.07 Å². The number of nitrogens with zero attached hydrogens (tertiary/aromatic N) is 2. The van der Waals surface area contributed by atoms with Crippen molar-refractivity contribution < 1.29 is 18.9 Å². The van der Waals surface area contributed by atoms with E-state index >= 15 is 0 Å². The number of hydrogen-bond donors (Lipinski definition) is 1. The number of likely N-dealkylation sites (tertiary alicyclic amines) is 1. The van der Waals surface area contributed by atoms with Gasteiger partial charge in [0.1, 0.15) is 0 Å². The van der Waals surface area contributed by atoms with Crippen LogP contribution in [-0.4, -0.2) is 76.7 Å². The molecule has 1 N–H and O–H groups in total. The molecule has 1 fully saturated rings. The highest BCUT2D eigenvalue weighted by atomic mass is 16.5. The van der Waals surface area contributed by atoms with E-state index in [1.807, 2.05) is 19.9 Å². The van der Waals surface area contributed by atoms with Crippen molar-refractivity contribution >= 4 is 5.96 Å². The second-order valence-electron chi connectivity index (χ2n) is 7.54. The van der Waals surface area contributed by atoms with Crippen molar-refractivity contribution in [3.05, 3.63) is 23.8 Å². The summed E-state index contributed by atoms with van der Waals surface area (Å²) >= 11 is 0. The molecule has 0 saturated carbocycles. The van der Waals surface area contributed by atoms with E-state index in [-0.39, 0.29) is 0 Å². The molecule has 31 heavy (non-hydrogen) atoms. The zero-order chi connectivity index (χ0) is 22.3. The van der Waals surface area contributed by atoms with Crippen molar-refractivity contribution in [2.24, 2.45) is 4.99 Å². The van der Waals surface area contributed by atoms with Crippen LogP contribution in [-0.2, 0) is 15.9 Å². The lowest BCUT2D eigenvalue weighted by Gasteiger charge is -2.34. The van der Waals surface area contributed by atoms with Crippen molar-refractivity contribution in [1.82, 2.24) is 10.2 Å². The molecule has 2 rings (SSSR count). The summed E-state index contributed by atoms with van der Waals surface area (Å²) in [6.07, 6.45) is 4.23. The molecule has 1 aromatic rings. The Morgan fingerprint density at radius 1 is 1.06 bits per heavy atom. The minimum absolute atomic E-state index is 0.344. The molecule has 0 spiro atoms. The lowest BCUT2D eigenvalue weighted by molar-refractivity contribution is 0.00991. The fourth-order valence-corrected chi connectivity index (χ4v) is 3.66. The van der Waals surface area contributed by atoms with Gasteiger partial charge in [-0.3, -0.25) is 4.99 Å². The van der Waals surface area contributed by atoms with Crippen LogP contribution in [0, 0.1) is 0 Å². The lowest BCUT2D eigenvalue weighted by Crippen LogP contribution is -2.47. The number of guanidine groups is 1. The molecule has 0 bridgehead atoms. The first-order chi connectivity index (χ1) is 15.2. The van der Waals surface area contributed by atoms with Crippen LogP contribution in [0.2, 0.25) is 0 Å². The van der Waals surface area contributed by atoms with Gasteiger partial charge >= 0.3 is 0 Å². The summed E-state index contributed by atoms with van der Waals surface area (Å²) in [5, 5.41) is 3.44. The van der Waals surface area contributed by atoms with Gasteiger partial charge in [-0.25, -0.2) is 0 Å². The number of aliphatic imine (C=N–C) groups is 1. The molecule has 1 aliphatic rings. The molecule has 1 saturated heterocycles. The molecule has 1 heterocycles. The third-order valence-electron chi connectivity index (χ3n) is 5.19. The molecule has 7 nitrogen and oxygen atoms in total. The maximum Gasteiger partial charge on any atom is 0.193 e. The average molecular weight is 436 g/mol. The Hall–Kier alpha value is -1.99. The maximum atomic E-state index is 5.98. The third-order valence-corrected chi connectivity index (χ3v) is 5.19. The van der Waals surface area contributed by atoms with Gasteiger partial charge in [0.05, 0.1) is 19.3 Å². The van der Waals surface area contributed by atoms with E-state index < -0.39 is 0 Å². The molecular formula is C24H41N3O4. The summed E-state index contributed by atoms with van der Waals surface area (Å²) in [6, 6.07) is 6.17. The molecule has 7 heteroatoms. The smallest absolute Gasteiger partial charge is 0.193 e. The van der Waals surface area contributed by atoms with Gasteiger partial charge in [0.2, 0.25) is 0 Å². The summed E-state index contributed by atoms with van der Waals surface area (Å²) in [5.41, 5.74) is 1.20. The van der Waals surface area contributed by atoms with E-state index in [1.54, 1.807) is 7.11 Å². The molecule has 0 aromatic heterocycles. The van der Waals surface area contributed by atoms with E-state index in [0.29, 0.717) is 19.3 Å². The quantitative estimate of drug-likeness (QED) is 0.291. The normalized spacial score (nSPS) is 15.2. The lowest BCUT2D eigenvalue weighted by atomic mass is 10.1. The zero-order valence-electron chi connectivity index (χ0n) is 19.8. The summed E-state index contributed by atoms with van der Waals surface area (Å²) in [4.78, 5) is 7.23. The van der Waals surface area contributed by atoms with Crippen molar-refractivity contribution in [2.75, 3.05) is 59.7 Å². The van der Waals surface area contributed by atoms with Gasteiger partial charge < -0.3 is 29.2 Å². The molecule has 176 valence electrons. The molecule has 0 atom stereocenters. The van der Waals surface area contributed by atoms with Gasteiger partial charge in [0.25, 0.3) is 0 Å². The van der Waals surface area contributed by atoms with Crippen LogP contribution < -0.4 is 14.8 Å². The fourth-order valence-electron chi connectivity index (χ4n) is 3.66. The fraction of sp³-hybridized carbons (Fsp3) is 0.708. The second kappa shape index (κ2) is 14.9. The number of benzene rings is 1. The Balaban J connectivity index is 1.87. The number of ether oxygens (including phenoxy) is 4. The Morgan fingerprint density at radius 2 is 1.81 bits per heavy atom. The Morgan fingerprint density at radius 3 is 2.48 bits per heavy atom. The second-order valence-corrected chi connectivity index (χ2v) is 7.54. The monoisotopic (exact) mass is 435 g/mol. The first kappa shape index (κ1) is 25.3. The van der Waals surface area contributed by atoms with Crippen LogP contribution >= 0.6 is 0 Å². The minimum atomic E-state index is 0.344. The predicted molar refractivity (Wildman–Crippen MR) is 126 cm³/mol.